The number of halogens is 1. The van der Waals surface area contributed by atoms with Crippen LogP contribution in [0.3, 0.4) is 0 Å². The van der Waals surface area contributed by atoms with Gasteiger partial charge >= 0.3 is 0 Å². The van der Waals surface area contributed by atoms with E-state index in [1.165, 1.54) is 25.7 Å². The van der Waals surface area contributed by atoms with E-state index in [0.717, 1.165) is 23.7 Å². The Morgan fingerprint density at radius 1 is 1.20 bits per heavy atom. The normalized spacial score (nSPS) is 19.6. The zero-order valence-corrected chi connectivity index (χ0v) is 13.4. The quantitative estimate of drug-likeness (QED) is 0.911. The Kier molecular flexibility index (Phi) is 5.48. The monoisotopic (exact) mass is 295 g/mol. The Bertz CT molecular complexity index is 425. The maximum atomic E-state index is 10.7. The molecular weight excluding hydrogens is 270 g/mol. The van der Waals surface area contributed by atoms with Crippen molar-refractivity contribution < 1.29 is 5.11 Å². The third-order valence-electron chi connectivity index (χ3n) is 4.55. The third-order valence-corrected chi connectivity index (χ3v) is 4.79. The first kappa shape index (κ1) is 15.8. The smallest absolute Gasteiger partial charge is 0.0758 e. The van der Waals surface area contributed by atoms with Crippen LogP contribution in [-0.4, -0.2) is 34.7 Å². The Labute approximate surface area is 127 Å². The Morgan fingerprint density at radius 2 is 1.85 bits per heavy atom. The Balaban J connectivity index is 2.03. The van der Waals surface area contributed by atoms with Gasteiger partial charge in [0.15, 0.2) is 0 Å². The van der Waals surface area contributed by atoms with Crippen LogP contribution in [0.15, 0.2) is 24.3 Å². The van der Waals surface area contributed by atoms with Crippen LogP contribution in [0.5, 0.6) is 0 Å². The second-order valence-corrected chi connectivity index (χ2v) is 6.84. The van der Waals surface area contributed by atoms with Gasteiger partial charge in [-0.1, -0.05) is 36.6 Å². The average molecular weight is 296 g/mol. The summed E-state index contributed by atoms with van der Waals surface area (Å²) in [7, 11) is 0. The lowest BCUT2D eigenvalue weighted by molar-refractivity contribution is -0.00786. The molecule has 1 heterocycles. The lowest BCUT2D eigenvalue weighted by Crippen LogP contribution is -2.53. The van der Waals surface area contributed by atoms with E-state index in [9.17, 15) is 5.11 Å². The summed E-state index contributed by atoms with van der Waals surface area (Å²) in [5, 5.41) is 11.4. The maximum Gasteiger partial charge on any atom is 0.0758 e. The van der Waals surface area contributed by atoms with Crippen LogP contribution in [0.1, 0.15) is 45.1 Å². The van der Waals surface area contributed by atoms with Crippen LogP contribution in [0.4, 0.5) is 0 Å². The van der Waals surface area contributed by atoms with E-state index in [1.807, 2.05) is 24.3 Å². The van der Waals surface area contributed by atoms with Gasteiger partial charge in [0, 0.05) is 17.0 Å². The number of benzene rings is 1. The Morgan fingerprint density at radius 3 is 2.45 bits per heavy atom. The molecule has 0 radical (unpaired) electrons. The van der Waals surface area contributed by atoms with E-state index in [-0.39, 0.29) is 11.6 Å². The van der Waals surface area contributed by atoms with Crippen LogP contribution in [0, 0.1) is 0 Å². The summed E-state index contributed by atoms with van der Waals surface area (Å²) in [5.41, 5.74) is 0.917. The van der Waals surface area contributed by atoms with Crippen LogP contribution in [0.25, 0.3) is 0 Å². The van der Waals surface area contributed by atoms with E-state index in [1.54, 1.807) is 0 Å². The molecule has 1 aromatic carbocycles. The molecule has 112 valence electrons. The molecule has 1 unspecified atom stereocenters. The molecule has 3 heteroatoms. The highest BCUT2D eigenvalue weighted by molar-refractivity contribution is 6.30. The SMILES string of the molecule is CC(C)(C(O)Cc1cccc(Cl)c1)N1CCCCCC1. The summed E-state index contributed by atoms with van der Waals surface area (Å²) in [5.74, 6) is 0. The zero-order valence-electron chi connectivity index (χ0n) is 12.6. The van der Waals surface area contributed by atoms with Crippen molar-refractivity contribution in [3.05, 3.63) is 34.9 Å². The van der Waals surface area contributed by atoms with Gasteiger partial charge in [-0.25, -0.2) is 0 Å². The second kappa shape index (κ2) is 6.93. The highest BCUT2D eigenvalue weighted by atomic mass is 35.5. The van der Waals surface area contributed by atoms with Crippen LogP contribution in [-0.2, 0) is 6.42 Å². The van der Waals surface area contributed by atoms with E-state index >= 15 is 0 Å². The predicted octanol–water partition coefficient (Wildman–Crippen LogP) is 3.90. The van der Waals surface area contributed by atoms with Crippen molar-refractivity contribution in [3.63, 3.8) is 0 Å². The van der Waals surface area contributed by atoms with Crippen molar-refractivity contribution in [1.82, 2.24) is 4.90 Å². The maximum absolute atomic E-state index is 10.7. The first-order valence-corrected chi connectivity index (χ1v) is 8.05. The van der Waals surface area contributed by atoms with E-state index < -0.39 is 0 Å². The topological polar surface area (TPSA) is 23.5 Å². The minimum absolute atomic E-state index is 0.188. The summed E-state index contributed by atoms with van der Waals surface area (Å²) >= 11 is 6.02. The van der Waals surface area contributed by atoms with Crippen LogP contribution < -0.4 is 0 Å². The van der Waals surface area contributed by atoms with Gasteiger partial charge < -0.3 is 5.11 Å². The summed E-state index contributed by atoms with van der Waals surface area (Å²) in [4.78, 5) is 2.45. The van der Waals surface area contributed by atoms with Gasteiger partial charge in [-0.2, -0.15) is 0 Å². The minimum atomic E-state index is -0.376. The number of hydrogen-bond acceptors (Lipinski definition) is 2. The van der Waals surface area contributed by atoms with E-state index in [0.29, 0.717) is 6.42 Å². The molecule has 0 spiro atoms. The summed E-state index contributed by atoms with van der Waals surface area (Å²) in [6, 6.07) is 7.80. The largest absolute Gasteiger partial charge is 0.391 e. The predicted molar refractivity (Wildman–Crippen MR) is 85.3 cm³/mol. The molecule has 1 aliphatic heterocycles. The fraction of sp³-hybridized carbons (Fsp3) is 0.647. The first-order valence-electron chi connectivity index (χ1n) is 7.68. The van der Waals surface area contributed by atoms with Crippen LogP contribution >= 0.6 is 11.6 Å². The van der Waals surface area contributed by atoms with Gasteiger partial charge in [0.1, 0.15) is 0 Å². The third kappa shape index (κ3) is 3.97. The molecule has 0 saturated carbocycles. The van der Waals surface area contributed by atoms with Gasteiger partial charge in [0.25, 0.3) is 0 Å². The molecule has 2 nitrogen and oxygen atoms in total. The highest BCUT2D eigenvalue weighted by Crippen LogP contribution is 2.26. The first-order chi connectivity index (χ1) is 9.50. The molecule has 0 aromatic heterocycles. The van der Waals surface area contributed by atoms with Gasteiger partial charge in [-0.15, -0.1) is 0 Å². The lowest BCUT2D eigenvalue weighted by Gasteiger charge is -2.41. The summed E-state index contributed by atoms with van der Waals surface area (Å²) in [6.45, 7) is 6.51. The summed E-state index contributed by atoms with van der Waals surface area (Å²) in [6.07, 6.45) is 5.40. The van der Waals surface area contributed by atoms with Crippen molar-refractivity contribution in [2.45, 2.75) is 57.6 Å². The molecule has 0 amide bonds. The van der Waals surface area contributed by atoms with Gasteiger partial charge in [0.2, 0.25) is 0 Å². The fourth-order valence-electron chi connectivity index (χ4n) is 2.99. The van der Waals surface area contributed by atoms with Gasteiger partial charge in [-0.05, 0) is 57.5 Å². The van der Waals surface area contributed by atoms with Gasteiger partial charge in [0.05, 0.1) is 6.10 Å². The molecule has 2 rings (SSSR count). The van der Waals surface area contributed by atoms with Crippen molar-refractivity contribution in [2.24, 2.45) is 0 Å². The molecule has 0 bridgehead atoms. The molecule has 1 saturated heterocycles. The molecule has 1 atom stereocenters. The zero-order chi connectivity index (χ0) is 14.6. The standard InChI is InChI=1S/C17H26ClNO/c1-17(2,19-10-5-3-4-6-11-19)16(20)13-14-8-7-9-15(18)12-14/h7-9,12,16,20H,3-6,10-11,13H2,1-2H3. The number of likely N-dealkylation sites (tertiary alicyclic amines) is 1. The van der Waals surface area contributed by atoms with E-state index in [4.69, 9.17) is 11.6 Å². The lowest BCUT2D eigenvalue weighted by atomic mass is 9.89. The second-order valence-electron chi connectivity index (χ2n) is 6.40. The minimum Gasteiger partial charge on any atom is -0.391 e. The number of aliphatic hydroxyl groups excluding tert-OH is 1. The number of aliphatic hydroxyl groups is 1. The highest BCUT2D eigenvalue weighted by Gasteiger charge is 2.34. The molecule has 0 aliphatic carbocycles. The molecule has 1 N–H and O–H groups in total. The van der Waals surface area contributed by atoms with E-state index in [2.05, 4.69) is 18.7 Å². The van der Waals surface area contributed by atoms with Crippen LogP contribution in [0.2, 0.25) is 5.02 Å². The Hall–Kier alpha value is -0.570. The summed E-state index contributed by atoms with van der Waals surface area (Å²) < 4.78 is 0. The average Bonchev–Trinajstić information content (AvgIpc) is 2.67. The molecule has 1 fully saturated rings. The van der Waals surface area contributed by atoms with Gasteiger partial charge in [-0.3, -0.25) is 4.90 Å². The number of hydrogen-bond donors (Lipinski definition) is 1. The molecule has 1 aliphatic rings. The van der Waals surface area contributed by atoms with Crippen molar-refractivity contribution >= 4 is 11.6 Å². The molecular formula is C17H26ClNO. The van der Waals surface area contributed by atoms with Crippen molar-refractivity contribution in [3.8, 4) is 0 Å². The van der Waals surface area contributed by atoms with Crippen molar-refractivity contribution in [2.75, 3.05) is 13.1 Å². The number of rotatable bonds is 4. The molecule has 1 aromatic rings. The molecule has 20 heavy (non-hydrogen) atoms. The van der Waals surface area contributed by atoms with Crippen molar-refractivity contribution in [1.29, 1.82) is 0 Å². The number of nitrogens with zero attached hydrogens (tertiary/aromatic N) is 1. The fourth-order valence-corrected chi connectivity index (χ4v) is 3.21.